The number of imidazole rings is 1. The van der Waals surface area contributed by atoms with Gasteiger partial charge in [0, 0.05) is 17.1 Å². The highest BCUT2D eigenvalue weighted by atomic mass is 79.9. The SMILES string of the molecule is Cc1csc(Cn2c(CCl)nc3cc(Br)c(F)cc32)n1. The first-order chi connectivity index (χ1) is 9.58. The smallest absolute Gasteiger partial charge is 0.139 e. The van der Waals surface area contributed by atoms with Gasteiger partial charge in [0.1, 0.15) is 16.6 Å². The molecule has 0 spiro atoms. The van der Waals surface area contributed by atoms with E-state index in [1.807, 2.05) is 16.9 Å². The summed E-state index contributed by atoms with van der Waals surface area (Å²) in [5, 5.41) is 2.95. The van der Waals surface area contributed by atoms with E-state index in [1.165, 1.54) is 6.07 Å². The minimum Gasteiger partial charge on any atom is -0.320 e. The maximum atomic E-state index is 13.8. The summed E-state index contributed by atoms with van der Waals surface area (Å²) in [6, 6.07) is 3.15. The van der Waals surface area contributed by atoms with Crippen LogP contribution in [0.25, 0.3) is 11.0 Å². The highest BCUT2D eigenvalue weighted by Crippen LogP contribution is 2.26. The highest BCUT2D eigenvalue weighted by molar-refractivity contribution is 9.10. The quantitative estimate of drug-likeness (QED) is 0.632. The van der Waals surface area contributed by atoms with E-state index in [0.29, 0.717) is 16.8 Å². The first kappa shape index (κ1) is 14.0. The molecule has 3 rings (SSSR count). The van der Waals surface area contributed by atoms with E-state index in [0.717, 1.165) is 21.7 Å². The molecule has 2 aromatic heterocycles. The van der Waals surface area contributed by atoms with Gasteiger partial charge in [-0.15, -0.1) is 22.9 Å². The number of alkyl halides is 1. The van der Waals surface area contributed by atoms with Crippen molar-refractivity contribution in [2.45, 2.75) is 19.3 Å². The number of hydrogen-bond acceptors (Lipinski definition) is 3. The fraction of sp³-hybridized carbons (Fsp3) is 0.231. The summed E-state index contributed by atoms with van der Waals surface area (Å²) < 4.78 is 16.1. The summed E-state index contributed by atoms with van der Waals surface area (Å²) in [6.45, 7) is 2.50. The van der Waals surface area contributed by atoms with Gasteiger partial charge in [0.2, 0.25) is 0 Å². The molecule has 0 bridgehead atoms. The van der Waals surface area contributed by atoms with Crippen LogP contribution in [0.15, 0.2) is 22.0 Å². The zero-order chi connectivity index (χ0) is 14.3. The lowest BCUT2D eigenvalue weighted by Crippen LogP contribution is -2.03. The predicted octanol–water partition coefficient (Wildman–Crippen LogP) is 4.49. The van der Waals surface area contributed by atoms with Crippen molar-refractivity contribution in [3.05, 3.63) is 44.3 Å². The third-order valence-corrected chi connectivity index (χ3v) is 4.75. The Morgan fingerprint density at radius 1 is 1.40 bits per heavy atom. The normalized spacial score (nSPS) is 11.4. The molecule has 0 atom stereocenters. The predicted molar refractivity (Wildman–Crippen MR) is 82.9 cm³/mol. The van der Waals surface area contributed by atoms with Gasteiger partial charge in [-0.25, -0.2) is 14.4 Å². The third kappa shape index (κ3) is 2.47. The molecule has 104 valence electrons. The number of thiazole rings is 1. The molecule has 1 aromatic carbocycles. The average Bonchev–Trinajstić information content (AvgIpc) is 2.96. The van der Waals surface area contributed by atoms with Gasteiger partial charge >= 0.3 is 0 Å². The molecule has 2 heterocycles. The van der Waals surface area contributed by atoms with Gasteiger partial charge in [0.15, 0.2) is 0 Å². The number of halogens is 3. The maximum absolute atomic E-state index is 13.8. The molecule has 0 unspecified atom stereocenters. The number of nitrogens with zero attached hydrogens (tertiary/aromatic N) is 3. The molecule has 0 radical (unpaired) electrons. The lowest BCUT2D eigenvalue weighted by atomic mass is 10.3. The van der Waals surface area contributed by atoms with Crippen LogP contribution in [-0.2, 0) is 12.4 Å². The number of benzene rings is 1. The number of fused-ring (bicyclic) bond motifs is 1. The van der Waals surface area contributed by atoms with Crippen LogP contribution in [0.4, 0.5) is 4.39 Å². The highest BCUT2D eigenvalue weighted by Gasteiger charge is 2.14. The first-order valence-electron chi connectivity index (χ1n) is 5.89. The van der Waals surface area contributed by atoms with Crippen LogP contribution >= 0.6 is 38.9 Å². The lowest BCUT2D eigenvalue weighted by molar-refractivity contribution is 0.621. The number of aromatic nitrogens is 3. The largest absolute Gasteiger partial charge is 0.320 e. The van der Waals surface area contributed by atoms with Crippen LogP contribution in [0.2, 0.25) is 0 Å². The molecule has 0 aliphatic rings. The molecule has 20 heavy (non-hydrogen) atoms. The van der Waals surface area contributed by atoms with Gasteiger partial charge in [-0.1, -0.05) is 0 Å². The minimum atomic E-state index is -0.310. The first-order valence-corrected chi connectivity index (χ1v) is 8.10. The zero-order valence-electron chi connectivity index (χ0n) is 10.5. The molecule has 0 saturated heterocycles. The van der Waals surface area contributed by atoms with E-state index < -0.39 is 0 Å². The van der Waals surface area contributed by atoms with E-state index in [2.05, 4.69) is 25.9 Å². The van der Waals surface area contributed by atoms with Crippen LogP contribution in [-0.4, -0.2) is 14.5 Å². The molecule has 0 fully saturated rings. The molecular formula is C13H10BrClFN3S. The third-order valence-electron chi connectivity index (χ3n) is 2.95. The zero-order valence-corrected chi connectivity index (χ0v) is 13.7. The fourth-order valence-electron chi connectivity index (χ4n) is 2.06. The van der Waals surface area contributed by atoms with Gasteiger partial charge in [-0.3, -0.25) is 0 Å². The summed E-state index contributed by atoms with van der Waals surface area (Å²) in [6.07, 6.45) is 0. The second-order valence-electron chi connectivity index (χ2n) is 4.39. The Labute approximate surface area is 132 Å². The van der Waals surface area contributed by atoms with Crippen LogP contribution in [0.1, 0.15) is 16.5 Å². The summed E-state index contributed by atoms with van der Waals surface area (Å²) in [5.41, 5.74) is 2.44. The summed E-state index contributed by atoms with van der Waals surface area (Å²) >= 11 is 10.7. The summed E-state index contributed by atoms with van der Waals surface area (Å²) in [4.78, 5) is 8.88. The van der Waals surface area contributed by atoms with Crippen molar-refractivity contribution in [1.29, 1.82) is 0 Å². The van der Waals surface area contributed by atoms with Gasteiger partial charge in [-0.2, -0.15) is 0 Å². The van der Waals surface area contributed by atoms with Crippen molar-refractivity contribution in [2.75, 3.05) is 0 Å². The second kappa shape index (κ2) is 5.42. The Morgan fingerprint density at radius 3 is 2.85 bits per heavy atom. The fourth-order valence-corrected chi connectivity index (χ4v) is 3.35. The molecule has 0 amide bonds. The number of hydrogen-bond donors (Lipinski definition) is 0. The van der Waals surface area contributed by atoms with Crippen LogP contribution in [0, 0.1) is 12.7 Å². The second-order valence-corrected chi connectivity index (χ2v) is 6.45. The van der Waals surface area contributed by atoms with Crippen molar-refractivity contribution in [3.8, 4) is 0 Å². The molecule has 7 heteroatoms. The van der Waals surface area contributed by atoms with Crippen LogP contribution < -0.4 is 0 Å². The van der Waals surface area contributed by atoms with E-state index in [9.17, 15) is 4.39 Å². The van der Waals surface area contributed by atoms with Gasteiger partial charge in [0.05, 0.1) is 27.9 Å². The Kier molecular flexibility index (Phi) is 3.79. The van der Waals surface area contributed by atoms with Crippen molar-refractivity contribution in [3.63, 3.8) is 0 Å². The van der Waals surface area contributed by atoms with Gasteiger partial charge in [-0.05, 0) is 28.9 Å². The number of aryl methyl sites for hydroxylation is 1. The van der Waals surface area contributed by atoms with Crippen LogP contribution in [0.3, 0.4) is 0 Å². The van der Waals surface area contributed by atoms with Crippen molar-refractivity contribution < 1.29 is 4.39 Å². The average molecular weight is 375 g/mol. The monoisotopic (exact) mass is 373 g/mol. The van der Waals surface area contributed by atoms with Gasteiger partial charge < -0.3 is 4.57 Å². The molecule has 0 N–H and O–H groups in total. The number of rotatable bonds is 3. The summed E-state index contributed by atoms with van der Waals surface area (Å²) in [7, 11) is 0. The Morgan fingerprint density at radius 2 is 2.20 bits per heavy atom. The Bertz CT molecular complexity index is 783. The summed E-state index contributed by atoms with van der Waals surface area (Å²) in [5.74, 6) is 0.681. The topological polar surface area (TPSA) is 30.7 Å². The van der Waals surface area contributed by atoms with Gasteiger partial charge in [0.25, 0.3) is 0 Å². The Balaban J connectivity index is 2.14. The Hall–Kier alpha value is -0.980. The molecule has 0 aliphatic carbocycles. The standard InChI is InChI=1S/C13H10BrClFN3S/c1-7-6-20-13(17-7)5-19-11-3-9(16)8(14)2-10(11)18-12(19)4-15/h2-3,6H,4-5H2,1H3. The van der Waals surface area contributed by atoms with Crippen molar-refractivity contribution in [1.82, 2.24) is 14.5 Å². The molecule has 0 saturated carbocycles. The van der Waals surface area contributed by atoms with E-state index >= 15 is 0 Å². The van der Waals surface area contributed by atoms with Crippen molar-refractivity contribution >= 4 is 49.9 Å². The van der Waals surface area contributed by atoms with E-state index in [4.69, 9.17) is 11.6 Å². The molecule has 0 aliphatic heterocycles. The van der Waals surface area contributed by atoms with E-state index in [-0.39, 0.29) is 11.7 Å². The maximum Gasteiger partial charge on any atom is 0.139 e. The molecule has 3 nitrogen and oxygen atoms in total. The molecular weight excluding hydrogens is 365 g/mol. The lowest BCUT2D eigenvalue weighted by Gasteiger charge is -2.05. The van der Waals surface area contributed by atoms with Crippen LogP contribution in [0.5, 0.6) is 0 Å². The van der Waals surface area contributed by atoms with E-state index in [1.54, 1.807) is 17.4 Å². The van der Waals surface area contributed by atoms with Crippen molar-refractivity contribution in [2.24, 2.45) is 0 Å². The molecule has 3 aromatic rings. The minimum absolute atomic E-state index is 0.276.